The maximum atomic E-state index is 13.1. The first kappa shape index (κ1) is 18.3. The number of para-hydroxylation sites is 1. The molecule has 0 aliphatic rings. The SMILES string of the molecule is Cc1ncc(NC(=O)c2cc(-c3ccccc3)nc3ccccc23)cc1C(N)=O. The second kappa shape index (κ2) is 7.52. The van der Waals surface area contributed by atoms with E-state index in [1.165, 1.54) is 12.3 Å². The van der Waals surface area contributed by atoms with Crippen LogP contribution in [0.2, 0.25) is 0 Å². The summed E-state index contributed by atoms with van der Waals surface area (Å²) in [6.45, 7) is 1.69. The second-order valence-corrected chi connectivity index (χ2v) is 6.61. The Kier molecular flexibility index (Phi) is 4.75. The topological polar surface area (TPSA) is 98.0 Å². The summed E-state index contributed by atoms with van der Waals surface area (Å²) in [4.78, 5) is 33.5. The van der Waals surface area contributed by atoms with E-state index in [0.717, 1.165) is 16.5 Å². The number of amides is 2. The van der Waals surface area contributed by atoms with Gasteiger partial charge in [0.05, 0.1) is 39.9 Å². The van der Waals surface area contributed by atoms with Crippen molar-refractivity contribution in [3.8, 4) is 11.3 Å². The number of carbonyl (C=O) groups is 2. The Labute approximate surface area is 167 Å². The van der Waals surface area contributed by atoms with Gasteiger partial charge in [0.1, 0.15) is 0 Å². The average Bonchev–Trinajstić information content (AvgIpc) is 2.74. The number of aryl methyl sites for hydroxylation is 1. The zero-order valence-corrected chi connectivity index (χ0v) is 15.7. The number of nitrogens with two attached hydrogens (primary N) is 1. The van der Waals surface area contributed by atoms with E-state index in [9.17, 15) is 9.59 Å². The fourth-order valence-corrected chi connectivity index (χ4v) is 3.17. The third-order valence-corrected chi connectivity index (χ3v) is 4.64. The molecule has 0 aliphatic heterocycles. The van der Waals surface area contributed by atoms with Gasteiger partial charge in [0.2, 0.25) is 0 Å². The largest absolute Gasteiger partial charge is 0.366 e. The number of anilines is 1. The fraction of sp³-hybridized carbons (Fsp3) is 0.0435. The summed E-state index contributed by atoms with van der Waals surface area (Å²) in [7, 11) is 0. The van der Waals surface area contributed by atoms with Crippen LogP contribution in [0.1, 0.15) is 26.4 Å². The molecule has 0 spiro atoms. The molecule has 29 heavy (non-hydrogen) atoms. The predicted molar refractivity (Wildman–Crippen MR) is 113 cm³/mol. The molecule has 142 valence electrons. The Bertz CT molecular complexity index is 1240. The molecule has 6 heteroatoms. The van der Waals surface area contributed by atoms with Crippen molar-refractivity contribution in [3.05, 3.63) is 89.7 Å². The lowest BCUT2D eigenvalue weighted by atomic mass is 10.0. The molecule has 0 atom stereocenters. The standard InChI is InChI=1S/C23H18N4O2/c1-14-18(22(24)28)11-16(13-25-14)26-23(29)19-12-21(15-7-3-2-4-8-15)27-20-10-6-5-9-17(19)20/h2-13H,1H3,(H2,24,28)(H,26,29). The van der Waals surface area contributed by atoms with Crippen LogP contribution in [0.5, 0.6) is 0 Å². The number of aromatic nitrogens is 2. The van der Waals surface area contributed by atoms with E-state index in [-0.39, 0.29) is 11.5 Å². The molecule has 0 fully saturated rings. The van der Waals surface area contributed by atoms with Crippen LogP contribution >= 0.6 is 0 Å². The number of benzene rings is 2. The molecule has 4 rings (SSSR count). The summed E-state index contributed by atoms with van der Waals surface area (Å²) in [5, 5.41) is 3.55. The summed E-state index contributed by atoms with van der Waals surface area (Å²) in [5.41, 5.74) is 9.39. The maximum Gasteiger partial charge on any atom is 0.256 e. The highest BCUT2D eigenvalue weighted by Crippen LogP contribution is 2.25. The third kappa shape index (κ3) is 3.68. The Morgan fingerprint density at radius 1 is 0.931 bits per heavy atom. The molecule has 2 aromatic heterocycles. The van der Waals surface area contributed by atoms with Gasteiger partial charge < -0.3 is 11.1 Å². The molecule has 0 bridgehead atoms. The van der Waals surface area contributed by atoms with Crippen molar-refractivity contribution in [3.63, 3.8) is 0 Å². The average molecular weight is 382 g/mol. The van der Waals surface area contributed by atoms with Crippen LogP contribution in [0, 0.1) is 6.92 Å². The monoisotopic (exact) mass is 382 g/mol. The lowest BCUT2D eigenvalue weighted by Gasteiger charge is -2.11. The maximum absolute atomic E-state index is 13.1. The first-order valence-corrected chi connectivity index (χ1v) is 9.06. The first-order valence-electron chi connectivity index (χ1n) is 9.06. The molecule has 2 aromatic carbocycles. The fourth-order valence-electron chi connectivity index (χ4n) is 3.17. The van der Waals surface area contributed by atoms with Crippen LogP contribution in [-0.4, -0.2) is 21.8 Å². The zero-order chi connectivity index (χ0) is 20.4. The van der Waals surface area contributed by atoms with Gasteiger partial charge in [0.15, 0.2) is 0 Å². The van der Waals surface area contributed by atoms with Gasteiger partial charge in [-0.25, -0.2) is 4.98 Å². The van der Waals surface area contributed by atoms with E-state index in [1.54, 1.807) is 13.0 Å². The molecule has 0 saturated heterocycles. The summed E-state index contributed by atoms with van der Waals surface area (Å²) in [6, 6.07) is 20.4. The third-order valence-electron chi connectivity index (χ3n) is 4.64. The van der Waals surface area contributed by atoms with Crippen molar-refractivity contribution in [2.75, 3.05) is 5.32 Å². The molecule has 4 aromatic rings. The number of fused-ring (bicyclic) bond motifs is 1. The number of carbonyl (C=O) groups excluding carboxylic acids is 2. The van der Waals surface area contributed by atoms with Crippen molar-refractivity contribution >= 4 is 28.4 Å². The van der Waals surface area contributed by atoms with Crippen LogP contribution in [-0.2, 0) is 0 Å². The minimum atomic E-state index is -0.591. The van der Waals surface area contributed by atoms with E-state index >= 15 is 0 Å². The van der Waals surface area contributed by atoms with Crippen LogP contribution in [0.15, 0.2) is 72.9 Å². The highest BCUT2D eigenvalue weighted by molar-refractivity contribution is 6.13. The normalized spacial score (nSPS) is 10.7. The molecule has 2 amide bonds. The molecular weight excluding hydrogens is 364 g/mol. The first-order chi connectivity index (χ1) is 14.0. The molecule has 6 nitrogen and oxygen atoms in total. The summed E-state index contributed by atoms with van der Waals surface area (Å²) in [6.07, 6.45) is 1.50. The molecular formula is C23H18N4O2. The summed E-state index contributed by atoms with van der Waals surface area (Å²) < 4.78 is 0. The highest BCUT2D eigenvalue weighted by atomic mass is 16.2. The van der Waals surface area contributed by atoms with Crippen molar-refractivity contribution in [2.45, 2.75) is 6.92 Å². The van der Waals surface area contributed by atoms with Gasteiger partial charge in [0, 0.05) is 10.9 Å². The lowest BCUT2D eigenvalue weighted by Crippen LogP contribution is -2.17. The number of pyridine rings is 2. The Morgan fingerprint density at radius 3 is 2.41 bits per heavy atom. The van der Waals surface area contributed by atoms with E-state index in [2.05, 4.69) is 10.3 Å². The smallest absolute Gasteiger partial charge is 0.256 e. The number of hydrogen-bond acceptors (Lipinski definition) is 4. The van der Waals surface area contributed by atoms with Gasteiger partial charge in [-0.3, -0.25) is 14.6 Å². The van der Waals surface area contributed by atoms with Crippen molar-refractivity contribution in [1.82, 2.24) is 9.97 Å². The summed E-state index contributed by atoms with van der Waals surface area (Å²) >= 11 is 0. The summed E-state index contributed by atoms with van der Waals surface area (Å²) in [5.74, 6) is -0.909. The molecule has 0 unspecified atom stereocenters. The van der Waals surface area contributed by atoms with Crippen molar-refractivity contribution < 1.29 is 9.59 Å². The van der Waals surface area contributed by atoms with Gasteiger partial charge >= 0.3 is 0 Å². The van der Waals surface area contributed by atoms with E-state index in [0.29, 0.717) is 22.6 Å². The molecule has 2 heterocycles. The quantitative estimate of drug-likeness (QED) is 0.558. The van der Waals surface area contributed by atoms with Gasteiger partial charge in [0.25, 0.3) is 11.8 Å². The zero-order valence-electron chi connectivity index (χ0n) is 15.7. The minimum absolute atomic E-state index is 0.271. The highest BCUT2D eigenvalue weighted by Gasteiger charge is 2.15. The molecule has 0 aliphatic carbocycles. The number of rotatable bonds is 4. The van der Waals surface area contributed by atoms with Crippen LogP contribution in [0.3, 0.4) is 0 Å². The van der Waals surface area contributed by atoms with E-state index < -0.39 is 5.91 Å². The Hall–Kier alpha value is -4.06. The van der Waals surface area contributed by atoms with Crippen LogP contribution < -0.4 is 11.1 Å². The Morgan fingerprint density at radius 2 is 1.66 bits per heavy atom. The van der Waals surface area contributed by atoms with Gasteiger partial charge in [-0.2, -0.15) is 0 Å². The molecule has 0 radical (unpaired) electrons. The number of hydrogen-bond donors (Lipinski definition) is 2. The second-order valence-electron chi connectivity index (χ2n) is 6.61. The number of nitrogens with zero attached hydrogens (tertiary/aromatic N) is 2. The minimum Gasteiger partial charge on any atom is -0.366 e. The van der Waals surface area contributed by atoms with Gasteiger partial charge in [-0.1, -0.05) is 48.5 Å². The van der Waals surface area contributed by atoms with Gasteiger partial charge in [-0.15, -0.1) is 0 Å². The van der Waals surface area contributed by atoms with Crippen LogP contribution in [0.4, 0.5) is 5.69 Å². The van der Waals surface area contributed by atoms with Gasteiger partial charge in [-0.05, 0) is 25.1 Å². The lowest BCUT2D eigenvalue weighted by molar-refractivity contribution is 0.0995. The van der Waals surface area contributed by atoms with Crippen molar-refractivity contribution in [2.24, 2.45) is 5.73 Å². The van der Waals surface area contributed by atoms with E-state index in [1.807, 2.05) is 54.6 Å². The molecule has 3 N–H and O–H groups in total. The number of primary amides is 1. The predicted octanol–water partition coefficient (Wildman–Crippen LogP) is 3.96. The van der Waals surface area contributed by atoms with Crippen LogP contribution in [0.25, 0.3) is 22.2 Å². The molecule has 0 saturated carbocycles. The Balaban J connectivity index is 1.78. The van der Waals surface area contributed by atoms with Crippen molar-refractivity contribution in [1.29, 1.82) is 0 Å². The van der Waals surface area contributed by atoms with E-state index in [4.69, 9.17) is 10.7 Å². The number of nitrogens with one attached hydrogen (secondary N) is 1.